The number of amides is 1. The molecule has 0 aromatic heterocycles. The van der Waals surface area contributed by atoms with Crippen molar-refractivity contribution in [1.29, 1.82) is 0 Å². The summed E-state index contributed by atoms with van der Waals surface area (Å²) in [5.74, 6) is -0.510. The zero-order valence-corrected chi connectivity index (χ0v) is 15.1. The van der Waals surface area contributed by atoms with E-state index in [1.54, 1.807) is 24.3 Å². The van der Waals surface area contributed by atoms with E-state index in [0.717, 1.165) is 0 Å². The van der Waals surface area contributed by atoms with Crippen LogP contribution in [0.3, 0.4) is 0 Å². The van der Waals surface area contributed by atoms with Gasteiger partial charge in [-0.2, -0.15) is 5.10 Å². The molecule has 0 aliphatic heterocycles. The van der Waals surface area contributed by atoms with Crippen LogP contribution in [0.5, 0.6) is 17.2 Å². The molecule has 2 rings (SSSR count). The molecule has 0 aliphatic rings. The minimum atomic E-state index is -0.624. The summed E-state index contributed by atoms with van der Waals surface area (Å²) in [5, 5.41) is 24.6. The van der Waals surface area contributed by atoms with Crippen LogP contribution in [0, 0.1) is 10.1 Å². The number of phenolic OH excluding ortho intramolecular Hbond substituents is 1. The van der Waals surface area contributed by atoms with Gasteiger partial charge >= 0.3 is 5.69 Å². The number of methoxy groups -OCH3 is 1. The average molecular weight is 424 g/mol. The smallest absolute Gasteiger partial charge is 0.312 e. The van der Waals surface area contributed by atoms with E-state index in [2.05, 4.69) is 26.5 Å². The van der Waals surface area contributed by atoms with E-state index in [0.29, 0.717) is 10.0 Å². The number of nitrogens with zero attached hydrogens (tertiary/aromatic N) is 2. The lowest BCUT2D eigenvalue weighted by molar-refractivity contribution is -0.385. The van der Waals surface area contributed by atoms with Gasteiger partial charge in [0.25, 0.3) is 5.91 Å². The normalized spacial score (nSPS) is 10.5. The molecule has 0 atom stereocenters. The Balaban J connectivity index is 1.95. The highest BCUT2D eigenvalue weighted by molar-refractivity contribution is 9.10. The van der Waals surface area contributed by atoms with Crippen LogP contribution in [0.15, 0.2) is 46.0 Å². The van der Waals surface area contributed by atoms with Gasteiger partial charge in [-0.25, -0.2) is 5.43 Å². The summed E-state index contributed by atoms with van der Waals surface area (Å²) >= 11 is 3.13. The summed E-state index contributed by atoms with van der Waals surface area (Å²) in [5.41, 5.74) is 2.28. The van der Waals surface area contributed by atoms with Gasteiger partial charge in [-0.05, 0) is 24.3 Å². The predicted molar refractivity (Wildman–Crippen MR) is 96.7 cm³/mol. The van der Waals surface area contributed by atoms with Crippen molar-refractivity contribution < 1.29 is 24.3 Å². The number of hydrogen-bond acceptors (Lipinski definition) is 7. The molecule has 0 radical (unpaired) electrons. The second kappa shape index (κ2) is 8.81. The lowest BCUT2D eigenvalue weighted by Crippen LogP contribution is -2.24. The highest BCUT2D eigenvalue weighted by atomic mass is 79.9. The van der Waals surface area contributed by atoms with Crippen molar-refractivity contribution in [3.8, 4) is 17.2 Å². The Morgan fingerprint density at radius 1 is 1.38 bits per heavy atom. The molecule has 9 nitrogen and oxygen atoms in total. The SMILES string of the molecule is COc1cccc(C=NNC(=O)COc2ccc(Br)cc2[N+](=O)[O-])c1O. The molecule has 0 fully saturated rings. The molecule has 0 saturated carbocycles. The summed E-state index contributed by atoms with van der Waals surface area (Å²) < 4.78 is 10.6. The number of ether oxygens (including phenoxy) is 2. The highest BCUT2D eigenvalue weighted by Gasteiger charge is 2.16. The third-order valence-corrected chi connectivity index (χ3v) is 3.61. The van der Waals surface area contributed by atoms with Crippen LogP contribution in [0.25, 0.3) is 0 Å². The first-order valence-corrected chi connectivity index (χ1v) is 7.96. The molecule has 2 aromatic rings. The number of para-hydroxylation sites is 1. The standard InChI is InChI=1S/C16H14BrN3O6/c1-25-14-4-2-3-10(16(14)22)8-18-19-15(21)9-26-13-6-5-11(17)7-12(13)20(23)24/h2-8,22H,9H2,1H3,(H,19,21). The summed E-state index contributed by atoms with van der Waals surface area (Å²) in [4.78, 5) is 22.1. The van der Waals surface area contributed by atoms with Gasteiger partial charge in [0.1, 0.15) is 0 Å². The molecule has 0 unspecified atom stereocenters. The number of phenols is 1. The Labute approximate surface area is 156 Å². The highest BCUT2D eigenvalue weighted by Crippen LogP contribution is 2.30. The second-order valence-electron chi connectivity index (χ2n) is 4.85. The average Bonchev–Trinajstić information content (AvgIpc) is 2.62. The molecule has 0 saturated heterocycles. The van der Waals surface area contributed by atoms with Gasteiger partial charge in [-0.3, -0.25) is 14.9 Å². The largest absolute Gasteiger partial charge is 0.504 e. The van der Waals surface area contributed by atoms with E-state index in [4.69, 9.17) is 9.47 Å². The number of benzene rings is 2. The molecule has 26 heavy (non-hydrogen) atoms. The van der Waals surface area contributed by atoms with Crippen molar-refractivity contribution in [1.82, 2.24) is 5.43 Å². The minimum Gasteiger partial charge on any atom is -0.504 e. The molecular formula is C16H14BrN3O6. The Kier molecular flexibility index (Phi) is 6.50. The minimum absolute atomic E-state index is 0.0391. The Bertz CT molecular complexity index is 856. The molecule has 2 aromatic carbocycles. The van der Waals surface area contributed by atoms with Crippen molar-refractivity contribution in [2.75, 3.05) is 13.7 Å². The maximum Gasteiger partial charge on any atom is 0.312 e. The van der Waals surface area contributed by atoms with Crippen LogP contribution < -0.4 is 14.9 Å². The number of nitro benzene ring substituents is 1. The molecule has 0 aliphatic carbocycles. The predicted octanol–water partition coefficient (Wildman–Crippen LogP) is 2.60. The van der Waals surface area contributed by atoms with Crippen molar-refractivity contribution in [2.24, 2.45) is 5.10 Å². The Morgan fingerprint density at radius 2 is 2.15 bits per heavy atom. The van der Waals surface area contributed by atoms with Crippen LogP contribution in [-0.4, -0.2) is 35.9 Å². The molecule has 0 bridgehead atoms. The number of halogens is 1. The molecule has 0 spiro atoms. The number of nitro groups is 1. The molecular weight excluding hydrogens is 410 g/mol. The van der Waals surface area contributed by atoms with Crippen molar-refractivity contribution in [2.45, 2.75) is 0 Å². The van der Waals surface area contributed by atoms with Gasteiger partial charge < -0.3 is 14.6 Å². The molecule has 1 amide bonds. The van der Waals surface area contributed by atoms with E-state index in [9.17, 15) is 20.0 Å². The zero-order chi connectivity index (χ0) is 19.1. The Morgan fingerprint density at radius 3 is 2.85 bits per heavy atom. The van der Waals surface area contributed by atoms with E-state index < -0.39 is 17.4 Å². The molecule has 10 heteroatoms. The maximum atomic E-state index is 11.7. The van der Waals surface area contributed by atoms with Gasteiger partial charge in [0.2, 0.25) is 0 Å². The number of hydrazone groups is 1. The maximum absolute atomic E-state index is 11.7. The lowest BCUT2D eigenvalue weighted by Gasteiger charge is -2.06. The van der Waals surface area contributed by atoms with Gasteiger partial charge in [-0.15, -0.1) is 0 Å². The van der Waals surface area contributed by atoms with Crippen molar-refractivity contribution in [3.63, 3.8) is 0 Å². The number of hydrogen-bond donors (Lipinski definition) is 2. The number of carbonyl (C=O) groups excluding carboxylic acids is 1. The van der Waals surface area contributed by atoms with Crippen LogP contribution in [0.1, 0.15) is 5.56 Å². The van der Waals surface area contributed by atoms with Crippen molar-refractivity contribution >= 4 is 33.7 Å². The summed E-state index contributed by atoms with van der Waals surface area (Å²) in [6.07, 6.45) is 1.23. The van der Waals surface area contributed by atoms with Gasteiger partial charge in [-0.1, -0.05) is 22.0 Å². The van der Waals surface area contributed by atoms with Crippen LogP contribution >= 0.6 is 15.9 Å². The van der Waals surface area contributed by atoms with Gasteiger partial charge in [0.15, 0.2) is 23.9 Å². The third kappa shape index (κ3) is 4.93. The summed E-state index contributed by atoms with van der Waals surface area (Å²) in [6, 6.07) is 9.02. The van der Waals surface area contributed by atoms with Crippen LogP contribution in [0.4, 0.5) is 5.69 Å². The monoisotopic (exact) mass is 423 g/mol. The number of nitrogens with one attached hydrogen (secondary N) is 1. The molecule has 2 N–H and O–H groups in total. The van der Waals surface area contributed by atoms with E-state index in [-0.39, 0.29) is 22.9 Å². The first-order chi connectivity index (χ1) is 12.4. The number of aromatic hydroxyl groups is 1. The third-order valence-electron chi connectivity index (χ3n) is 3.12. The fourth-order valence-corrected chi connectivity index (χ4v) is 2.26. The fraction of sp³-hybridized carbons (Fsp3) is 0.125. The van der Waals surface area contributed by atoms with Crippen LogP contribution in [0.2, 0.25) is 0 Å². The van der Waals surface area contributed by atoms with Gasteiger partial charge in [0, 0.05) is 16.1 Å². The Hall–Kier alpha value is -3.14. The first-order valence-electron chi connectivity index (χ1n) is 7.17. The van der Waals surface area contributed by atoms with E-state index in [1.165, 1.54) is 25.5 Å². The fourth-order valence-electron chi connectivity index (χ4n) is 1.91. The van der Waals surface area contributed by atoms with E-state index >= 15 is 0 Å². The van der Waals surface area contributed by atoms with E-state index in [1.807, 2.05) is 0 Å². The quantitative estimate of drug-likeness (QED) is 0.400. The van der Waals surface area contributed by atoms with Gasteiger partial charge in [0.05, 0.1) is 18.2 Å². The zero-order valence-electron chi connectivity index (χ0n) is 13.5. The number of carbonyl (C=O) groups is 1. The lowest BCUT2D eigenvalue weighted by atomic mass is 10.2. The van der Waals surface area contributed by atoms with Crippen LogP contribution in [-0.2, 0) is 4.79 Å². The molecule has 136 valence electrons. The molecule has 0 heterocycles. The number of rotatable bonds is 7. The first kappa shape index (κ1) is 19.2. The summed E-state index contributed by atoms with van der Waals surface area (Å²) in [6.45, 7) is -0.468. The topological polar surface area (TPSA) is 123 Å². The van der Waals surface area contributed by atoms with Crippen molar-refractivity contribution in [3.05, 3.63) is 56.5 Å². The second-order valence-corrected chi connectivity index (χ2v) is 5.76. The summed E-state index contributed by atoms with van der Waals surface area (Å²) in [7, 11) is 1.41.